The van der Waals surface area contributed by atoms with Crippen LogP contribution in [0.1, 0.15) is 150 Å². The number of aromatic nitrogens is 1. The van der Waals surface area contributed by atoms with Crippen LogP contribution >= 0.6 is 45.2 Å². The number of rotatable bonds is 8. The number of aromatic hydroxyl groups is 1. The van der Waals surface area contributed by atoms with E-state index in [0.29, 0.717) is 17.6 Å². The molecule has 1 aromatic heterocycles. The van der Waals surface area contributed by atoms with Gasteiger partial charge in [-0.2, -0.15) is 11.4 Å². The second-order valence-electron chi connectivity index (χ2n) is 19.9. The molecular formula is C54H71I2MoN2O2Si-. The van der Waals surface area contributed by atoms with Crippen molar-refractivity contribution in [2.75, 3.05) is 0 Å². The molecular weight excluding hydrogens is 1090 g/mol. The quantitative estimate of drug-likeness (QED) is 0.124. The Labute approximate surface area is 411 Å². The van der Waals surface area contributed by atoms with Gasteiger partial charge in [-0.3, -0.25) is 0 Å². The van der Waals surface area contributed by atoms with E-state index in [0.717, 1.165) is 52.0 Å². The monoisotopic (exact) mass is 1160 g/mol. The molecule has 0 aliphatic heterocycles. The summed E-state index contributed by atoms with van der Waals surface area (Å²) < 4.78 is 16.8. The van der Waals surface area contributed by atoms with Crippen LogP contribution in [-0.4, -0.2) is 17.8 Å². The summed E-state index contributed by atoms with van der Waals surface area (Å²) in [6.45, 7) is 29.2. The predicted molar refractivity (Wildman–Crippen MR) is 282 cm³/mol. The van der Waals surface area contributed by atoms with Crippen molar-refractivity contribution in [2.45, 2.75) is 163 Å². The van der Waals surface area contributed by atoms with Crippen LogP contribution < -0.4 is 9.41 Å². The Bertz CT molecular complexity index is 2340. The smallest absolute Gasteiger partial charge is 0.0607 e. The number of hydrogen-bond acceptors (Lipinski definition) is 3. The maximum Gasteiger partial charge on any atom is -0.0607 e. The summed E-state index contributed by atoms with van der Waals surface area (Å²) in [5, 5.41) is 11.5. The van der Waals surface area contributed by atoms with Crippen LogP contribution in [-0.2, 0) is 49.0 Å². The van der Waals surface area contributed by atoms with Crippen LogP contribution in [0.15, 0.2) is 76.3 Å². The van der Waals surface area contributed by atoms with Crippen LogP contribution in [0.3, 0.4) is 0 Å². The van der Waals surface area contributed by atoms with Crippen molar-refractivity contribution in [3.8, 4) is 22.6 Å². The SMILES string of the molecule is CC(C)(C)[Si](C)(C)Oc1c(I)cc2c(c1-c1c(O)c(I)cc3c1CCCC3)CCCC2.CC(C)c1cccc(C(C)C)c1[N]=[Mo]=[CH]C(C)(C)c1ccccc1.Cc1ccc(C)[n-]1. The molecule has 4 nitrogen and oxygen atoms in total. The topological polar surface area (TPSA) is 55.9 Å². The second kappa shape index (κ2) is 21.9. The van der Waals surface area contributed by atoms with Crippen molar-refractivity contribution in [3.63, 3.8) is 0 Å². The van der Waals surface area contributed by atoms with E-state index in [2.05, 4.69) is 191 Å². The van der Waals surface area contributed by atoms with E-state index in [-0.39, 0.29) is 10.5 Å². The van der Waals surface area contributed by atoms with Gasteiger partial charge in [0.25, 0.3) is 8.32 Å². The van der Waals surface area contributed by atoms with Gasteiger partial charge in [0, 0.05) is 11.1 Å². The van der Waals surface area contributed by atoms with Gasteiger partial charge < -0.3 is 14.5 Å². The molecule has 62 heavy (non-hydrogen) atoms. The van der Waals surface area contributed by atoms with Gasteiger partial charge in [0.2, 0.25) is 0 Å². The average Bonchev–Trinajstić information content (AvgIpc) is 3.60. The number of aryl methyl sites for hydroxylation is 4. The summed E-state index contributed by atoms with van der Waals surface area (Å²) in [6.07, 6.45) is 9.28. The van der Waals surface area contributed by atoms with Crippen molar-refractivity contribution < 1.29 is 27.5 Å². The number of hydrogen-bond donors (Lipinski definition) is 1. The van der Waals surface area contributed by atoms with Gasteiger partial charge in [0.15, 0.2) is 0 Å². The Kier molecular flexibility index (Phi) is 17.9. The summed E-state index contributed by atoms with van der Waals surface area (Å²) in [4.78, 5) is 4.11. The van der Waals surface area contributed by atoms with E-state index >= 15 is 0 Å². The number of halogens is 2. The molecule has 5 aromatic rings. The molecule has 0 saturated heterocycles. The maximum absolute atomic E-state index is 11.4. The van der Waals surface area contributed by atoms with E-state index in [9.17, 15) is 5.11 Å². The number of nitrogens with zero attached hydrogens (tertiary/aromatic N) is 2. The summed E-state index contributed by atoms with van der Waals surface area (Å²) in [6, 6.07) is 26.0. The minimum Gasteiger partial charge on any atom is -0.665 e. The molecule has 0 bridgehead atoms. The van der Waals surface area contributed by atoms with Crippen LogP contribution in [0.5, 0.6) is 11.5 Å². The zero-order valence-corrected chi connectivity index (χ0v) is 47.1. The number of fused-ring (bicyclic) bond motifs is 2. The summed E-state index contributed by atoms with van der Waals surface area (Å²) in [5.74, 6) is 2.50. The molecule has 0 atom stereocenters. The molecule has 0 amide bonds. The van der Waals surface area contributed by atoms with Crippen molar-refractivity contribution in [2.24, 2.45) is 3.50 Å². The Hall–Kier alpha value is -2.20. The third kappa shape index (κ3) is 12.6. The number of benzene rings is 4. The van der Waals surface area contributed by atoms with Gasteiger partial charge in [0.05, 0.1) is 7.14 Å². The molecule has 334 valence electrons. The molecule has 0 spiro atoms. The van der Waals surface area contributed by atoms with Gasteiger partial charge in [-0.15, -0.1) is 0 Å². The summed E-state index contributed by atoms with van der Waals surface area (Å²) >= 11 is 4.24. The van der Waals surface area contributed by atoms with Gasteiger partial charge in [-0.25, -0.2) is 0 Å². The van der Waals surface area contributed by atoms with E-state index in [1.807, 2.05) is 26.0 Å². The Morgan fingerprint density at radius 2 is 1.21 bits per heavy atom. The van der Waals surface area contributed by atoms with E-state index in [4.69, 9.17) is 7.92 Å². The van der Waals surface area contributed by atoms with Crippen LogP contribution in [0.4, 0.5) is 5.69 Å². The Morgan fingerprint density at radius 3 is 1.69 bits per heavy atom. The van der Waals surface area contributed by atoms with E-state index in [1.165, 1.54) is 79.4 Å². The molecule has 0 radical (unpaired) electrons. The van der Waals surface area contributed by atoms with E-state index in [1.54, 1.807) is 0 Å². The van der Waals surface area contributed by atoms with Crippen molar-refractivity contribution in [3.05, 3.63) is 130 Å². The molecule has 1 heterocycles. The van der Waals surface area contributed by atoms with Gasteiger partial charge >= 0.3 is 156 Å². The first-order valence-corrected chi connectivity index (χ1v) is 29.8. The standard InChI is InChI=1S/C26H34I2O2Si.C12H17N.C10H12.C6H8N.Mo/c1-26(2,3)31(4,5)30-25-21(28)15-17-11-7-9-13-19(17)23(25)22-18-12-8-6-10-16(18)14-20(27)24(22)29;1-8(2)10-6-5-7-11(9(3)4)12(10)13;1-10(2,3)9-7-5-4-6-8-9;1-5-3-4-6(2)7-5;/h14-15,29H,6-13H2,1-5H3;5-9H,1-4H3;1,4-8H,2-3H3;3-4H,1-2H3;/q;;;-1;. The van der Waals surface area contributed by atoms with Gasteiger partial charge in [-0.1, -0.05) is 46.8 Å². The average molecular weight is 1160 g/mol. The molecule has 2 aliphatic carbocycles. The Morgan fingerprint density at radius 1 is 0.710 bits per heavy atom. The summed E-state index contributed by atoms with van der Waals surface area (Å²) in [5.41, 5.74) is 15.6. The van der Waals surface area contributed by atoms with Crippen molar-refractivity contribution in [1.82, 2.24) is 4.98 Å². The Balaban J connectivity index is 0.000000207. The second-order valence-corrected chi connectivity index (χ2v) is 28.5. The zero-order chi connectivity index (χ0) is 45.6. The minimum atomic E-state index is -2.04. The minimum absolute atomic E-state index is 0.0811. The van der Waals surface area contributed by atoms with Crippen LogP contribution in [0, 0.1) is 21.0 Å². The van der Waals surface area contributed by atoms with Crippen LogP contribution in [0.2, 0.25) is 18.1 Å². The van der Waals surface area contributed by atoms with Gasteiger partial charge in [0.1, 0.15) is 11.5 Å². The molecule has 0 saturated carbocycles. The number of phenols is 1. The number of phenolic OH excluding ortho intramolecular Hbond substituents is 1. The fourth-order valence-corrected chi connectivity index (χ4v) is 12.6. The first kappa shape index (κ1) is 50.8. The third-order valence-electron chi connectivity index (χ3n) is 12.8. The fourth-order valence-electron chi connectivity index (χ4n) is 8.11. The maximum atomic E-state index is 11.4. The molecule has 0 fully saturated rings. The normalized spacial score (nSPS) is 13.9. The van der Waals surface area contributed by atoms with Gasteiger partial charge in [-0.05, 0) is 149 Å². The molecule has 2 aliphatic rings. The predicted octanol–water partition coefficient (Wildman–Crippen LogP) is 16.3. The zero-order valence-electron chi connectivity index (χ0n) is 39.7. The third-order valence-corrected chi connectivity index (χ3v) is 21.2. The first-order chi connectivity index (χ1) is 29.1. The van der Waals surface area contributed by atoms with Crippen molar-refractivity contribution >= 4 is 63.6 Å². The summed E-state index contributed by atoms with van der Waals surface area (Å²) in [7, 11) is -2.04. The molecule has 1 N–H and O–H groups in total. The van der Waals surface area contributed by atoms with Crippen LogP contribution in [0.25, 0.3) is 11.1 Å². The molecule has 4 aromatic carbocycles. The van der Waals surface area contributed by atoms with E-state index < -0.39 is 26.2 Å². The molecule has 0 unspecified atom stereocenters. The molecule has 8 heteroatoms. The molecule has 7 rings (SSSR count). The largest absolute Gasteiger partial charge is 0.665 e. The first-order valence-electron chi connectivity index (χ1n) is 22.7. The fraction of sp³-hybridized carbons (Fsp3) is 0.463. The van der Waals surface area contributed by atoms with Crippen molar-refractivity contribution in [1.29, 1.82) is 0 Å².